The van der Waals surface area contributed by atoms with Gasteiger partial charge in [0.25, 0.3) is 0 Å². The Morgan fingerprint density at radius 1 is 1.56 bits per heavy atom. The summed E-state index contributed by atoms with van der Waals surface area (Å²) < 4.78 is 0. The Hall–Kier alpha value is -1.70. The first-order valence-electron chi connectivity index (χ1n) is 5.51. The Kier molecular flexibility index (Phi) is 3.46. The number of carbonyl (C=O) groups is 2. The molecule has 1 saturated heterocycles. The highest BCUT2D eigenvalue weighted by Gasteiger charge is 2.47. The molecule has 0 bridgehead atoms. The van der Waals surface area contributed by atoms with Gasteiger partial charge in [0.15, 0.2) is 5.96 Å². The van der Waals surface area contributed by atoms with Gasteiger partial charge in [-0.15, -0.1) is 11.8 Å². The summed E-state index contributed by atoms with van der Waals surface area (Å²) in [4.78, 5) is 28.4. The molecule has 98 valence electrons. The molecule has 8 heteroatoms. The van der Waals surface area contributed by atoms with E-state index in [9.17, 15) is 9.59 Å². The molecule has 0 unspecified atom stereocenters. The molecule has 2 heterocycles. The van der Waals surface area contributed by atoms with Gasteiger partial charge in [0.1, 0.15) is 5.70 Å². The van der Waals surface area contributed by atoms with Crippen molar-refractivity contribution in [3.05, 3.63) is 10.6 Å². The summed E-state index contributed by atoms with van der Waals surface area (Å²) >= 11 is 1.45. The molecule has 0 radical (unpaired) electrons. The fourth-order valence-electron chi connectivity index (χ4n) is 1.95. The first-order chi connectivity index (χ1) is 8.50. The van der Waals surface area contributed by atoms with Crippen LogP contribution in [0.1, 0.15) is 19.3 Å². The summed E-state index contributed by atoms with van der Waals surface area (Å²) in [6, 6.07) is 0. The van der Waals surface area contributed by atoms with Gasteiger partial charge in [-0.3, -0.25) is 14.7 Å². The smallest absolute Gasteiger partial charge is 0.353 e. The highest BCUT2D eigenvalue weighted by atomic mass is 32.2. The molecular formula is C10H14N4O3S. The van der Waals surface area contributed by atoms with Crippen molar-refractivity contribution in [3.63, 3.8) is 0 Å². The van der Waals surface area contributed by atoms with Gasteiger partial charge in [-0.1, -0.05) is 0 Å². The average Bonchev–Trinajstić information content (AvgIpc) is 2.57. The molecule has 2 aliphatic heterocycles. The number of rotatable bonds is 5. The number of β-lactam (4-membered cyclic amide) rings is 1. The minimum absolute atomic E-state index is 0.0262. The largest absolute Gasteiger partial charge is 0.477 e. The second-order valence-electron chi connectivity index (χ2n) is 4.03. The lowest BCUT2D eigenvalue weighted by atomic mass is 10.1. The minimum atomic E-state index is -1.05. The van der Waals surface area contributed by atoms with Crippen molar-refractivity contribution in [1.82, 2.24) is 4.90 Å². The van der Waals surface area contributed by atoms with E-state index in [1.165, 1.54) is 16.7 Å². The third-order valence-electron chi connectivity index (χ3n) is 2.75. The van der Waals surface area contributed by atoms with Crippen molar-refractivity contribution in [2.45, 2.75) is 24.6 Å². The number of hydrogen-bond acceptors (Lipinski definition) is 4. The van der Waals surface area contributed by atoms with Crippen LogP contribution in [-0.4, -0.2) is 39.8 Å². The standard InChI is InChI=1S/C10H14N4O3S/c11-10(12)13-3-1-2-5-8(9(16)17)14-6(15)4-7(14)18-5/h7H,1-4H2,(H,16,17)(H4,11,12,13)/t7-/m1/s1. The number of aliphatic carboxylic acids is 1. The Morgan fingerprint density at radius 2 is 2.28 bits per heavy atom. The molecule has 18 heavy (non-hydrogen) atoms. The van der Waals surface area contributed by atoms with Crippen LogP contribution in [0.5, 0.6) is 0 Å². The number of amides is 1. The molecule has 2 rings (SSSR count). The fourth-order valence-corrected chi connectivity index (χ4v) is 3.39. The van der Waals surface area contributed by atoms with Crippen LogP contribution in [0.25, 0.3) is 0 Å². The molecule has 1 atom stereocenters. The van der Waals surface area contributed by atoms with E-state index in [1.54, 1.807) is 0 Å². The predicted octanol–water partition coefficient (Wildman–Crippen LogP) is -0.359. The Morgan fingerprint density at radius 3 is 2.83 bits per heavy atom. The normalized spacial score (nSPS) is 21.7. The molecule has 0 spiro atoms. The van der Waals surface area contributed by atoms with Gasteiger partial charge in [-0.05, 0) is 12.8 Å². The molecule has 0 aromatic heterocycles. The lowest BCUT2D eigenvalue weighted by Gasteiger charge is -2.33. The van der Waals surface area contributed by atoms with Gasteiger partial charge in [0.05, 0.1) is 11.8 Å². The van der Waals surface area contributed by atoms with Crippen LogP contribution < -0.4 is 11.5 Å². The number of aliphatic imine (C=N–C) groups is 1. The molecule has 2 aliphatic rings. The van der Waals surface area contributed by atoms with Crippen molar-refractivity contribution < 1.29 is 14.7 Å². The maximum absolute atomic E-state index is 11.4. The number of carboxylic acids is 1. The molecular weight excluding hydrogens is 256 g/mol. The van der Waals surface area contributed by atoms with E-state index < -0.39 is 5.97 Å². The summed E-state index contributed by atoms with van der Waals surface area (Å²) in [6.45, 7) is 0.456. The summed E-state index contributed by atoms with van der Waals surface area (Å²) in [5.41, 5.74) is 10.5. The topological polar surface area (TPSA) is 122 Å². The van der Waals surface area contributed by atoms with Crippen LogP contribution in [0.3, 0.4) is 0 Å². The van der Waals surface area contributed by atoms with E-state index in [0.29, 0.717) is 25.8 Å². The van der Waals surface area contributed by atoms with Crippen molar-refractivity contribution in [1.29, 1.82) is 0 Å². The molecule has 0 saturated carbocycles. The van der Waals surface area contributed by atoms with Gasteiger partial charge in [-0.2, -0.15) is 0 Å². The highest BCUT2D eigenvalue weighted by molar-refractivity contribution is 8.04. The Labute approximate surface area is 108 Å². The van der Waals surface area contributed by atoms with Crippen LogP contribution in [0.4, 0.5) is 0 Å². The van der Waals surface area contributed by atoms with Crippen molar-refractivity contribution >= 4 is 29.6 Å². The third-order valence-corrected chi connectivity index (χ3v) is 4.08. The summed E-state index contributed by atoms with van der Waals surface area (Å²) in [6.07, 6.45) is 1.65. The molecule has 1 amide bonds. The maximum Gasteiger partial charge on any atom is 0.353 e. The minimum Gasteiger partial charge on any atom is -0.477 e. The first-order valence-corrected chi connectivity index (χ1v) is 6.39. The number of fused-ring (bicyclic) bond motifs is 1. The average molecular weight is 270 g/mol. The van der Waals surface area contributed by atoms with Gasteiger partial charge < -0.3 is 16.6 Å². The Balaban J connectivity index is 2.01. The van der Waals surface area contributed by atoms with Crippen LogP contribution in [-0.2, 0) is 9.59 Å². The summed E-state index contributed by atoms with van der Waals surface area (Å²) in [5, 5.41) is 9.11. The van der Waals surface area contributed by atoms with E-state index in [0.717, 1.165) is 4.91 Å². The van der Waals surface area contributed by atoms with Gasteiger partial charge >= 0.3 is 5.97 Å². The first kappa shape index (κ1) is 12.7. The van der Waals surface area contributed by atoms with Crippen molar-refractivity contribution in [2.75, 3.05) is 6.54 Å². The molecule has 5 N–H and O–H groups in total. The monoisotopic (exact) mass is 270 g/mol. The molecule has 0 aliphatic carbocycles. The summed E-state index contributed by atoms with van der Waals surface area (Å²) in [7, 11) is 0. The van der Waals surface area contributed by atoms with Crippen LogP contribution in [0.2, 0.25) is 0 Å². The molecule has 1 fully saturated rings. The molecule has 7 nitrogen and oxygen atoms in total. The number of thioether (sulfide) groups is 1. The number of nitrogens with two attached hydrogens (primary N) is 2. The van der Waals surface area contributed by atoms with Crippen molar-refractivity contribution in [2.24, 2.45) is 16.5 Å². The van der Waals surface area contributed by atoms with Crippen LogP contribution in [0.15, 0.2) is 15.6 Å². The third kappa shape index (κ3) is 2.28. The van der Waals surface area contributed by atoms with Gasteiger partial charge in [0.2, 0.25) is 5.91 Å². The maximum atomic E-state index is 11.4. The van der Waals surface area contributed by atoms with E-state index in [-0.39, 0.29) is 22.9 Å². The second-order valence-corrected chi connectivity index (χ2v) is 5.30. The quantitative estimate of drug-likeness (QED) is 0.271. The fraction of sp³-hybridized carbons (Fsp3) is 0.500. The van der Waals surface area contributed by atoms with Gasteiger partial charge in [-0.25, -0.2) is 4.79 Å². The zero-order chi connectivity index (χ0) is 13.3. The van der Waals surface area contributed by atoms with E-state index in [4.69, 9.17) is 16.6 Å². The van der Waals surface area contributed by atoms with Crippen LogP contribution in [0, 0.1) is 0 Å². The zero-order valence-electron chi connectivity index (χ0n) is 9.63. The van der Waals surface area contributed by atoms with E-state index in [2.05, 4.69) is 4.99 Å². The number of hydrogen-bond donors (Lipinski definition) is 3. The zero-order valence-corrected chi connectivity index (χ0v) is 10.4. The highest BCUT2D eigenvalue weighted by Crippen LogP contribution is 2.47. The second kappa shape index (κ2) is 4.89. The number of nitrogens with zero attached hydrogens (tertiary/aromatic N) is 2. The molecule has 0 aromatic rings. The number of allylic oxidation sites excluding steroid dienone is 1. The van der Waals surface area contributed by atoms with Crippen LogP contribution >= 0.6 is 11.8 Å². The van der Waals surface area contributed by atoms with E-state index in [1.807, 2.05) is 0 Å². The number of carbonyl (C=O) groups excluding carboxylic acids is 1. The molecule has 0 aromatic carbocycles. The van der Waals surface area contributed by atoms with E-state index >= 15 is 0 Å². The Bertz CT molecular complexity index is 456. The van der Waals surface area contributed by atoms with Crippen molar-refractivity contribution in [3.8, 4) is 0 Å². The number of carboxylic acid groups (broad SMARTS) is 1. The summed E-state index contributed by atoms with van der Waals surface area (Å²) in [5.74, 6) is -1.14. The SMILES string of the molecule is NC(N)=NCCCC1=C(C(=O)O)N2C(=O)C[C@H]2S1. The van der Waals surface area contributed by atoms with Gasteiger partial charge in [0, 0.05) is 11.4 Å². The lowest BCUT2D eigenvalue weighted by Crippen LogP contribution is -2.48. The lowest BCUT2D eigenvalue weighted by molar-refractivity contribution is -0.145. The predicted molar refractivity (Wildman–Crippen MR) is 67.4 cm³/mol. The number of guanidine groups is 1.